The first-order chi connectivity index (χ1) is 20.8. The van der Waals surface area contributed by atoms with Gasteiger partial charge in [0.15, 0.2) is 5.76 Å². The van der Waals surface area contributed by atoms with Crippen LogP contribution in [0.25, 0.3) is 0 Å². The summed E-state index contributed by atoms with van der Waals surface area (Å²) in [4.78, 5) is 59.6. The number of likely N-dealkylation sites (tertiary alicyclic amines) is 1. The number of Topliss-reactive ketones (excluding diaryl/α,β-unsaturated/α-hetero) is 1. The van der Waals surface area contributed by atoms with Crippen LogP contribution in [0.15, 0.2) is 69.8 Å². The molecular weight excluding hydrogens is 588 g/mol. The van der Waals surface area contributed by atoms with Gasteiger partial charge in [-0.3, -0.25) is 24.5 Å². The molecule has 3 aromatic heterocycles. The molecule has 10 nitrogen and oxygen atoms in total. The molecule has 2 aliphatic heterocycles. The number of carbonyl (C=O) groups is 3. The molecule has 2 amide bonds. The standard InChI is InChI=1S/C31H30N4O6S2/c1-18-10-16-43-29(18)25-24(28(36)22-9-8-19(2)41-22)26(20-5-3-6-21(17-20)35(39)40)34(30(37)23-7-4-15-42-23)27(25)31(38)33-13-11-32-12-14-33/h3-10,15-17,24-27,32H,11-14H2,1-2H3. The number of hydrogen-bond donors (Lipinski definition) is 1. The highest BCUT2D eigenvalue weighted by molar-refractivity contribution is 7.12. The highest BCUT2D eigenvalue weighted by atomic mass is 32.1. The molecule has 2 fully saturated rings. The predicted molar refractivity (Wildman–Crippen MR) is 163 cm³/mol. The van der Waals surface area contributed by atoms with E-state index in [-0.39, 0.29) is 23.1 Å². The minimum absolute atomic E-state index is 0.121. The molecular formula is C31H30N4O6S2. The minimum atomic E-state index is -1.03. The van der Waals surface area contributed by atoms with Crippen LogP contribution >= 0.6 is 22.7 Å². The fourth-order valence-corrected chi connectivity index (χ4v) is 8.07. The summed E-state index contributed by atoms with van der Waals surface area (Å²) in [6.07, 6.45) is 0. The number of hydrogen-bond acceptors (Lipinski definition) is 9. The second kappa shape index (κ2) is 11.9. The van der Waals surface area contributed by atoms with Gasteiger partial charge < -0.3 is 19.5 Å². The van der Waals surface area contributed by atoms with Gasteiger partial charge in [0.05, 0.1) is 21.8 Å². The molecule has 222 valence electrons. The van der Waals surface area contributed by atoms with Crippen LogP contribution in [-0.2, 0) is 4.79 Å². The van der Waals surface area contributed by atoms with Crippen molar-refractivity contribution in [2.75, 3.05) is 26.2 Å². The third-order valence-corrected chi connectivity index (χ3v) is 10.2. The maximum atomic E-state index is 14.6. The van der Waals surface area contributed by atoms with E-state index in [4.69, 9.17) is 4.42 Å². The number of carbonyl (C=O) groups excluding carboxylic acids is 3. The van der Waals surface area contributed by atoms with Crippen LogP contribution in [0.2, 0.25) is 0 Å². The third-order valence-electron chi connectivity index (χ3n) is 8.23. The summed E-state index contributed by atoms with van der Waals surface area (Å²) >= 11 is 2.69. The van der Waals surface area contributed by atoms with Crippen LogP contribution in [0.1, 0.15) is 54.0 Å². The lowest BCUT2D eigenvalue weighted by atomic mass is 9.78. The van der Waals surface area contributed by atoms with Crippen molar-refractivity contribution < 1.29 is 23.7 Å². The summed E-state index contributed by atoms with van der Waals surface area (Å²) in [5.74, 6) is -2.00. The molecule has 4 unspecified atom stereocenters. The van der Waals surface area contributed by atoms with Crippen LogP contribution in [0, 0.1) is 29.9 Å². The maximum Gasteiger partial charge on any atom is 0.269 e. The quantitative estimate of drug-likeness (QED) is 0.171. The molecule has 5 heterocycles. The van der Waals surface area contributed by atoms with Gasteiger partial charge in [0.25, 0.3) is 11.6 Å². The summed E-state index contributed by atoms with van der Waals surface area (Å²) < 4.78 is 5.82. The van der Waals surface area contributed by atoms with E-state index in [1.54, 1.807) is 53.6 Å². The number of ketones is 1. The van der Waals surface area contributed by atoms with Crippen molar-refractivity contribution in [2.45, 2.75) is 31.8 Å². The van der Waals surface area contributed by atoms with E-state index >= 15 is 0 Å². The van der Waals surface area contributed by atoms with Crippen LogP contribution < -0.4 is 5.32 Å². The van der Waals surface area contributed by atoms with E-state index < -0.39 is 34.7 Å². The Morgan fingerprint density at radius 2 is 1.79 bits per heavy atom. The van der Waals surface area contributed by atoms with Gasteiger partial charge >= 0.3 is 0 Å². The first kappa shape index (κ1) is 29.0. The summed E-state index contributed by atoms with van der Waals surface area (Å²) in [7, 11) is 0. The van der Waals surface area contributed by atoms with Crippen molar-refractivity contribution in [2.24, 2.45) is 5.92 Å². The Morgan fingerprint density at radius 1 is 1.00 bits per heavy atom. The first-order valence-electron chi connectivity index (χ1n) is 14.0. The average Bonchev–Trinajstić information content (AvgIpc) is 3.83. The Hall–Kier alpha value is -4.13. The Bertz CT molecular complexity index is 1670. The zero-order valence-electron chi connectivity index (χ0n) is 23.6. The summed E-state index contributed by atoms with van der Waals surface area (Å²) in [5.41, 5.74) is 1.15. The number of thiophene rings is 2. The minimum Gasteiger partial charge on any atom is -0.458 e. The van der Waals surface area contributed by atoms with Gasteiger partial charge in [-0.15, -0.1) is 22.7 Å². The van der Waals surface area contributed by atoms with E-state index in [9.17, 15) is 24.5 Å². The molecule has 2 aliphatic rings. The summed E-state index contributed by atoms with van der Waals surface area (Å²) in [5, 5.41) is 18.8. The van der Waals surface area contributed by atoms with Crippen molar-refractivity contribution in [3.05, 3.63) is 108 Å². The lowest BCUT2D eigenvalue weighted by Gasteiger charge is -2.36. The van der Waals surface area contributed by atoms with Gasteiger partial charge in [0.2, 0.25) is 11.7 Å². The molecule has 2 saturated heterocycles. The smallest absolute Gasteiger partial charge is 0.269 e. The molecule has 0 spiro atoms. The molecule has 12 heteroatoms. The fraction of sp³-hybridized carbons (Fsp3) is 0.323. The lowest BCUT2D eigenvalue weighted by molar-refractivity contribution is -0.385. The number of furan rings is 1. The van der Waals surface area contributed by atoms with Gasteiger partial charge in [-0.1, -0.05) is 18.2 Å². The first-order valence-corrected chi connectivity index (χ1v) is 15.8. The zero-order chi connectivity index (χ0) is 30.2. The summed E-state index contributed by atoms with van der Waals surface area (Å²) in [6.45, 7) is 5.83. The van der Waals surface area contributed by atoms with Crippen LogP contribution in [0.3, 0.4) is 0 Å². The highest BCUT2D eigenvalue weighted by Crippen LogP contribution is 2.54. The Morgan fingerprint density at radius 3 is 2.42 bits per heavy atom. The van der Waals surface area contributed by atoms with Gasteiger partial charge in [0.1, 0.15) is 11.8 Å². The molecule has 0 radical (unpaired) electrons. The average molecular weight is 619 g/mol. The number of nitrogens with one attached hydrogen (secondary N) is 1. The highest BCUT2D eigenvalue weighted by Gasteiger charge is 2.59. The van der Waals surface area contributed by atoms with Crippen molar-refractivity contribution in [3.8, 4) is 0 Å². The lowest BCUT2D eigenvalue weighted by Crippen LogP contribution is -2.54. The van der Waals surface area contributed by atoms with E-state index in [0.29, 0.717) is 42.4 Å². The van der Waals surface area contributed by atoms with Gasteiger partial charge in [-0.05, 0) is 60.0 Å². The predicted octanol–water partition coefficient (Wildman–Crippen LogP) is 5.21. The van der Waals surface area contributed by atoms with Gasteiger partial charge in [-0.2, -0.15) is 0 Å². The Balaban J connectivity index is 1.62. The topological polar surface area (TPSA) is 126 Å². The zero-order valence-corrected chi connectivity index (χ0v) is 25.2. The molecule has 0 aliphatic carbocycles. The van der Waals surface area contributed by atoms with Crippen molar-refractivity contribution in [1.82, 2.24) is 15.1 Å². The van der Waals surface area contributed by atoms with E-state index in [1.807, 2.05) is 18.4 Å². The number of benzene rings is 1. The van der Waals surface area contributed by atoms with E-state index in [0.717, 1.165) is 10.4 Å². The Labute approximate surface area is 256 Å². The number of non-ortho nitro benzene ring substituents is 1. The number of aryl methyl sites for hydroxylation is 2. The molecule has 43 heavy (non-hydrogen) atoms. The van der Waals surface area contributed by atoms with Crippen LogP contribution in [-0.4, -0.2) is 64.5 Å². The number of nitrogens with zero attached hydrogens (tertiary/aromatic N) is 3. The SMILES string of the molecule is Cc1ccc(C(=O)C2C(c3sccc3C)C(C(=O)N3CCNCC3)N(C(=O)c3cccs3)C2c2cccc([N+](=O)[O-])c2)o1. The molecule has 6 rings (SSSR count). The van der Waals surface area contributed by atoms with Crippen molar-refractivity contribution in [1.29, 1.82) is 0 Å². The van der Waals surface area contributed by atoms with E-state index in [2.05, 4.69) is 5.32 Å². The van der Waals surface area contributed by atoms with Gasteiger partial charge in [-0.25, -0.2) is 0 Å². The van der Waals surface area contributed by atoms with Crippen LogP contribution in [0.4, 0.5) is 5.69 Å². The second-order valence-corrected chi connectivity index (χ2v) is 12.7. The molecule has 4 atom stereocenters. The second-order valence-electron chi connectivity index (χ2n) is 10.8. The fourth-order valence-electron chi connectivity index (χ4n) is 6.30. The maximum absolute atomic E-state index is 14.6. The largest absolute Gasteiger partial charge is 0.458 e. The number of piperazine rings is 1. The number of rotatable bonds is 7. The van der Waals surface area contributed by atoms with Crippen molar-refractivity contribution >= 4 is 46.0 Å². The normalized spacial score (nSPS) is 22.1. The molecule has 1 aromatic carbocycles. The summed E-state index contributed by atoms with van der Waals surface area (Å²) in [6, 6.07) is 12.7. The Kier molecular flexibility index (Phi) is 7.99. The van der Waals surface area contributed by atoms with Gasteiger partial charge in [0, 0.05) is 49.1 Å². The molecule has 4 aromatic rings. The third kappa shape index (κ3) is 5.30. The monoisotopic (exact) mass is 618 g/mol. The van der Waals surface area contributed by atoms with Crippen LogP contribution in [0.5, 0.6) is 0 Å². The van der Waals surface area contributed by atoms with Crippen molar-refractivity contribution in [3.63, 3.8) is 0 Å². The molecule has 0 saturated carbocycles. The van der Waals surface area contributed by atoms with E-state index in [1.165, 1.54) is 39.7 Å². The number of nitro groups is 1. The molecule has 0 bridgehead atoms. The number of amides is 2. The molecule has 1 N–H and O–H groups in total. The number of nitro benzene ring substituents is 1.